The smallest absolute Gasteiger partial charge is 0.398 e. The van der Waals surface area contributed by atoms with Gasteiger partial charge < -0.3 is 10.3 Å². The monoisotopic (exact) mass is 414 g/mol. The van der Waals surface area contributed by atoms with Crippen molar-refractivity contribution in [3.63, 3.8) is 0 Å². The largest absolute Gasteiger partial charge is 0.451 e. The first kappa shape index (κ1) is 19.2. The molecule has 0 spiro atoms. The molecule has 7 nitrogen and oxygen atoms in total. The van der Waals surface area contributed by atoms with Crippen LogP contribution in [0, 0.1) is 6.92 Å². The molecule has 0 saturated carbocycles. The van der Waals surface area contributed by atoms with Crippen LogP contribution in [0.5, 0.6) is 0 Å². The quantitative estimate of drug-likeness (QED) is 0.633. The Morgan fingerprint density at radius 3 is 2.67 bits per heavy atom. The third-order valence-electron chi connectivity index (χ3n) is 3.41. The number of hydrogen-bond donors (Lipinski definition) is 2. The summed E-state index contributed by atoms with van der Waals surface area (Å²) in [4.78, 5) is 17.1. The number of carbonyl (C=O) groups is 1. The van der Waals surface area contributed by atoms with E-state index in [4.69, 9.17) is 5.73 Å². The zero-order chi connectivity index (χ0) is 19.8. The minimum Gasteiger partial charge on any atom is -0.398 e. The van der Waals surface area contributed by atoms with Crippen LogP contribution in [0.3, 0.4) is 0 Å². The molecule has 0 atom stereocenters. The van der Waals surface area contributed by atoms with Crippen LogP contribution in [0.4, 0.5) is 24.0 Å². The number of thiazole rings is 1. The fourth-order valence-corrected chi connectivity index (χ4v) is 3.64. The molecule has 0 aliphatic rings. The Morgan fingerprint density at radius 2 is 2.07 bits per heavy atom. The van der Waals surface area contributed by atoms with Crippen molar-refractivity contribution in [2.75, 3.05) is 11.1 Å². The number of nitrogens with two attached hydrogens (primary N) is 1. The van der Waals surface area contributed by atoms with E-state index in [0.29, 0.717) is 10.0 Å². The van der Waals surface area contributed by atoms with E-state index in [0.717, 1.165) is 22.0 Å². The predicted octanol–water partition coefficient (Wildman–Crippen LogP) is 3.58. The third kappa shape index (κ3) is 4.22. The number of benzene rings is 1. The van der Waals surface area contributed by atoms with E-state index in [1.807, 2.05) is 0 Å². The SMILES string of the molecule is Cc1csc(NC(=O)c2cc(Sc3nnc(C(F)(F)F)n3C)ccc2N)n1. The van der Waals surface area contributed by atoms with Gasteiger partial charge in [-0.05, 0) is 36.9 Å². The lowest BCUT2D eigenvalue weighted by molar-refractivity contribution is -0.147. The molecule has 2 heterocycles. The number of amides is 1. The van der Waals surface area contributed by atoms with Gasteiger partial charge in [-0.2, -0.15) is 13.2 Å². The van der Waals surface area contributed by atoms with Gasteiger partial charge >= 0.3 is 6.18 Å². The highest BCUT2D eigenvalue weighted by atomic mass is 32.2. The highest BCUT2D eigenvalue weighted by Crippen LogP contribution is 2.33. The Morgan fingerprint density at radius 1 is 1.33 bits per heavy atom. The molecule has 0 aliphatic carbocycles. The van der Waals surface area contributed by atoms with Crippen LogP contribution in [0.1, 0.15) is 21.9 Å². The number of nitrogens with zero attached hydrogens (tertiary/aromatic N) is 4. The number of alkyl halides is 3. The first-order valence-corrected chi connectivity index (χ1v) is 9.12. The van der Waals surface area contributed by atoms with Crippen LogP contribution in [0.2, 0.25) is 0 Å². The number of halogens is 3. The van der Waals surface area contributed by atoms with Crippen molar-refractivity contribution in [1.29, 1.82) is 0 Å². The average Bonchev–Trinajstić information content (AvgIpc) is 3.15. The molecular formula is C15H13F3N6OS2. The molecule has 0 aliphatic heterocycles. The van der Waals surface area contributed by atoms with Gasteiger partial charge in [0.2, 0.25) is 5.82 Å². The fraction of sp³-hybridized carbons (Fsp3) is 0.200. The van der Waals surface area contributed by atoms with Crippen LogP contribution in [-0.2, 0) is 13.2 Å². The minimum absolute atomic E-state index is 0.0361. The lowest BCUT2D eigenvalue weighted by atomic mass is 10.1. The molecule has 3 N–H and O–H groups in total. The molecule has 2 aromatic heterocycles. The van der Waals surface area contributed by atoms with Crippen molar-refractivity contribution < 1.29 is 18.0 Å². The molecule has 1 aromatic carbocycles. The molecule has 0 bridgehead atoms. The zero-order valence-corrected chi connectivity index (χ0v) is 15.7. The van der Waals surface area contributed by atoms with E-state index in [9.17, 15) is 18.0 Å². The van der Waals surface area contributed by atoms with E-state index in [-0.39, 0.29) is 16.4 Å². The van der Waals surface area contributed by atoms with Gasteiger partial charge in [0.25, 0.3) is 5.91 Å². The summed E-state index contributed by atoms with van der Waals surface area (Å²) in [5.74, 6) is -1.56. The Bertz CT molecular complexity index is 998. The van der Waals surface area contributed by atoms with Gasteiger partial charge in [0.05, 0.1) is 11.3 Å². The molecule has 0 unspecified atom stereocenters. The van der Waals surface area contributed by atoms with Crippen LogP contribution in [0.15, 0.2) is 33.6 Å². The van der Waals surface area contributed by atoms with Gasteiger partial charge in [-0.15, -0.1) is 21.5 Å². The molecular weight excluding hydrogens is 401 g/mol. The van der Waals surface area contributed by atoms with Gasteiger partial charge in [0, 0.05) is 23.0 Å². The summed E-state index contributed by atoms with van der Waals surface area (Å²) in [5, 5.41) is 11.6. The van der Waals surface area contributed by atoms with Gasteiger partial charge in [0.1, 0.15) is 0 Å². The van der Waals surface area contributed by atoms with E-state index < -0.39 is 17.9 Å². The molecule has 27 heavy (non-hydrogen) atoms. The number of anilines is 2. The number of nitrogens with one attached hydrogen (secondary N) is 1. The summed E-state index contributed by atoms with van der Waals surface area (Å²) in [6.45, 7) is 1.80. The number of carbonyl (C=O) groups excluding carboxylic acids is 1. The molecule has 12 heteroatoms. The van der Waals surface area contributed by atoms with Gasteiger partial charge in [-0.1, -0.05) is 0 Å². The molecule has 0 saturated heterocycles. The Balaban J connectivity index is 1.83. The molecule has 0 fully saturated rings. The van der Waals surface area contributed by atoms with E-state index in [1.54, 1.807) is 18.4 Å². The number of aromatic nitrogens is 4. The highest BCUT2D eigenvalue weighted by molar-refractivity contribution is 7.99. The predicted molar refractivity (Wildman–Crippen MR) is 95.8 cm³/mol. The van der Waals surface area contributed by atoms with Crippen molar-refractivity contribution in [3.8, 4) is 0 Å². The minimum atomic E-state index is -4.60. The summed E-state index contributed by atoms with van der Waals surface area (Å²) in [6, 6.07) is 4.58. The lowest BCUT2D eigenvalue weighted by Gasteiger charge is -2.09. The average molecular weight is 414 g/mol. The molecule has 1 amide bonds. The van der Waals surface area contributed by atoms with E-state index in [2.05, 4.69) is 20.5 Å². The Kier molecular flexibility index (Phi) is 5.11. The van der Waals surface area contributed by atoms with Crippen molar-refractivity contribution in [2.24, 2.45) is 7.05 Å². The maximum Gasteiger partial charge on any atom is 0.451 e. The number of aryl methyl sites for hydroxylation is 1. The molecule has 0 radical (unpaired) electrons. The van der Waals surface area contributed by atoms with Crippen LogP contribution >= 0.6 is 23.1 Å². The van der Waals surface area contributed by atoms with Gasteiger partial charge in [0.15, 0.2) is 10.3 Å². The summed E-state index contributed by atoms with van der Waals surface area (Å²) < 4.78 is 39.3. The standard InChI is InChI=1S/C15H13F3N6OS2/c1-7-6-26-13(20-7)21-11(25)9-5-8(3-4-10(9)19)27-14-23-22-12(24(14)2)15(16,17)18/h3-6H,19H2,1-2H3,(H,20,21,25). The summed E-state index contributed by atoms with van der Waals surface area (Å²) in [5.41, 5.74) is 7.06. The second kappa shape index (κ2) is 7.19. The van der Waals surface area contributed by atoms with Crippen molar-refractivity contribution in [1.82, 2.24) is 19.7 Å². The molecule has 3 aromatic rings. The zero-order valence-electron chi connectivity index (χ0n) is 14.0. The fourth-order valence-electron chi connectivity index (χ4n) is 2.13. The normalized spacial score (nSPS) is 11.6. The Labute approximate surface area is 159 Å². The van der Waals surface area contributed by atoms with Crippen LogP contribution in [-0.4, -0.2) is 25.7 Å². The Hall–Kier alpha value is -2.60. The van der Waals surface area contributed by atoms with Crippen molar-refractivity contribution in [3.05, 3.63) is 40.7 Å². The molecule has 142 valence electrons. The summed E-state index contributed by atoms with van der Waals surface area (Å²) >= 11 is 2.22. The number of rotatable bonds is 4. The second-order valence-corrected chi connectivity index (χ2v) is 7.36. The molecule has 3 rings (SSSR count). The topological polar surface area (TPSA) is 98.7 Å². The van der Waals surface area contributed by atoms with Crippen LogP contribution < -0.4 is 11.1 Å². The maximum atomic E-state index is 12.8. The maximum absolute atomic E-state index is 12.8. The van der Waals surface area contributed by atoms with E-state index in [1.165, 1.54) is 30.5 Å². The van der Waals surface area contributed by atoms with Gasteiger partial charge in [-0.25, -0.2) is 4.98 Å². The first-order valence-electron chi connectivity index (χ1n) is 7.42. The lowest BCUT2D eigenvalue weighted by Crippen LogP contribution is -2.14. The summed E-state index contributed by atoms with van der Waals surface area (Å²) in [6.07, 6.45) is -4.60. The van der Waals surface area contributed by atoms with Crippen molar-refractivity contribution >= 4 is 39.8 Å². The highest BCUT2D eigenvalue weighted by Gasteiger charge is 2.37. The van der Waals surface area contributed by atoms with Crippen LogP contribution in [0.25, 0.3) is 0 Å². The number of hydrogen-bond acceptors (Lipinski definition) is 7. The first-order chi connectivity index (χ1) is 12.6. The van der Waals surface area contributed by atoms with Crippen molar-refractivity contribution in [2.45, 2.75) is 23.2 Å². The van der Waals surface area contributed by atoms with E-state index >= 15 is 0 Å². The van der Waals surface area contributed by atoms with Gasteiger partial charge in [-0.3, -0.25) is 10.1 Å². The summed E-state index contributed by atoms with van der Waals surface area (Å²) in [7, 11) is 1.22. The second-order valence-electron chi connectivity index (χ2n) is 5.46. The number of nitrogen functional groups attached to an aromatic ring is 1. The third-order valence-corrected chi connectivity index (χ3v) is 5.31.